The van der Waals surface area contributed by atoms with Gasteiger partial charge in [-0.05, 0) is 31.5 Å². The van der Waals surface area contributed by atoms with Crippen LogP contribution < -0.4 is 10.6 Å². The molecule has 0 saturated carbocycles. The number of carbonyl (C=O) groups excluding carboxylic acids is 1. The number of sulfone groups is 1. The summed E-state index contributed by atoms with van der Waals surface area (Å²) in [5, 5.41) is 6.80. The predicted molar refractivity (Wildman–Crippen MR) is 87.0 cm³/mol. The van der Waals surface area contributed by atoms with Crippen molar-refractivity contribution in [3.05, 3.63) is 18.3 Å². The molecule has 2 saturated heterocycles. The minimum absolute atomic E-state index is 0.0658. The highest BCUT2D eigenvalue weighted by atomic mass is 32.2. The Morgan fingerprint density at radius 2 is 2.22 bits per heavy atom. The van der Waals surface area contributed by atoms with Crippen LogP contribution in [0.3, 0.4) is 0 Å². The van der Waals surface area contributed by atoms with Crippen molar-refractivity contribution in [3.8, 4) is 0 Å². The molecule has 0 bridgehead atoms. The van der Waals surface area contributed by atoms with Crippen LogP contribution >= 0.6 is 0 Å². The van der Waals surface area contributed by atoms with E-state index in [0.717, 1.165) is 44.4 Å². The average molecular weight is 338 g/mol. The van der Waals surface area contributed by atoms with Crippen LogP contribution in [0.2, 0.25) is 0 Å². The third-order valence-corrected chi connectivity index (χ3v) is 5.43. The number of pyridine rings is 1. The normalized spacial score (nSPS) is 25.6. The number of hydrogen-bond donors (Lipinski definition) is 2. The lowest BCUT2D eigenvalue weighted by atomic mass is 9.99. The first-order valence-corrected chi connectivity index (χ1v) is 9.77. The van der Waals surface area contributed by atoms with E-state index in [-0.39, 0.29) is 23.0 Å². The summed E-state index contributed by atoms with van der Waals surface area (Å²) in [4.78, 5) is 18.0. The monoisotopic (exact) mass is 338 g/mol. The van der Waals surface area contributed by atoms with Crippen molar-refractivity contribution in [2.75, 3.05) is 31.2 Å². The average Bonchev–Trinajstić information content (AvgIpc) is 2.93. The van der Waals surface area contributed by atoms with Gasteiger partial charge in [-0.25, -0.2) is 13.4 Å². The molecule has 2 atom stereocenters. The van der Waals surface area contributed by atoms with Crippen molar-refractivity contribution >= 4 is 21.4 Å². The van der Waals surface area contributed by atoms with Crippen molar-refractivity contribution in [2.24, 2.45) is 0 Å². The van der Waals surface area contributed by atoms with Crippen LogP contribution in [0.15, 0.2) is 23.4 Å². The number of nitrogens with one attached hydrogen (secondary N) is 2. The maximum Gasteiger partial charge on any atom is 0.222 e. The van der Waals surface area contributed by atoms with E-state index < -0.39 is 9.84 Å². The fraction of sp³-hybridized carbons (Fsp3) is 0.600. The highest BCUT2D eigenvalue weighted by Crippen LogP contribution is 2.22. The molecule has 23 heavy (non-hydrogen) atoms. The van der Waals surface area contributed by atoms with Gasteiger partial charge in [0.1, 0.15) is 0 Å². The van der Waals surface area contributed by atoms with Gasteiger partial charge >= 0.3 is 0 Å². The zero-order valence-corrected chi connectivity index (χ0v) is 14.0. The Balaban J connectivity index is 1.73. The summed E-state index contributed by atoms with van der Waals surface area (Å²) in [5.41, 5.74) is 0.766. The smallest absolute Gasteiger partial charge is 0.222 e. The number of anilines is 1. The number of rotatable bonds is 4. The van der Waals surface area contributed by atoms with E-state index in [0.29, 0.717) is 6.42 Å². The highest BCUT2D eigenvalue weighted by Gasteiger charge is 2.35. The van der Waals surface area contributed by atoms with Gasteiger partial charge in [0.25, 0.3) is 0 Å². The lowest BCUT2D eigenvalue weighted by Crippen LogP contribution is -2.56. The van der Waals surface area contributed by atoms with Crippen LogP contribution in [0.5, 0.6) is 0 Å². The number of aromatic nitrogens is 1. The third kappa shape index (κ3) is 3.64. The molecule has 1 aromatic rings. The highest BCUT2D eigenvalue weighted by molar-refractivity contribution is 7.90. The molecule has 0 aromatic carbocycles. The maximum atomic E-state index is 12.0. The van der Waals surface area contributed by atoms with E-state index in [9.17, 15) is 13.2 Å². The zero-order chi connectivity index (χ0) is 16.4. The van der Waals surface area contributed by atoms with E-state index >= 15 is 0 Å². The van der Waals surface area contributed by atoms with Crippen LogP contribution in [-0.2, 0) is 14.6 Å². The molecule has 0 spiro atoms. The molecule has 0 radical (unpaired) electrons. The topological polar surface area (TPSA) is 91.4 Å². The molecule has 2 aliphatic rings. The van der Waals surface area contributed by atoms with Crippen molar-refractivity contribution in [1.29, 1.82) is 0 Å². The Kier molecular flexibility index (Phi) is 4.54. The first-order valence-electron chi connectivity index (χ1n) is 7.88. The lowest BCUT2D eigenvalue weighted by molar-refractivity contribution is -0.130. The van der Waals surface area contributed by atoms with Gasteiger partial charge < -0.3 is 15.5 Å². The first-order chi connectivity index (χ1) is 10.9. The molecule has 126 valence electrons. The van der Waals surface area contributed by atoms with Gasteiger partial charge in [0.05, 0.1) is 24.0 Å². The van der Waals surface area contributed by atoms with Gasteiger partial charge in [-0.1, -0.05) is 0 Å². The molecule has 0 aliphatic carbocycles. The Labute approximate surface area is 136 Å². The van der Waals surface area contributed by atoms with Crippen LogP contribution in [0.25, 0.3) is 0 Å². The van der Waals surface area contributed by atoms with Crippen molar-refractivity contribution in [1.82, 2.24) is 15.2 Å². The zero-order valence-electron chi connectivity index (χ0n) is 13.2. The van der Waals surface area contributed by atoms with E-state index in [2.05, 4.69) is 15.6 Å². The van der Waals surface area contributed by atoms with Crippen LogP contribution in [-0.4, -0.2) is 62.2 Å². The van der Waals surface area contributed by atoms with Gasteiger partial charge in [0.2, 0.25) is 5.91 Å². The third-order valence-electron chi connectivity index (χ3n) is 4.42. The second-order valence-electron chi connectivity index (χ2n) is 6.16. The Bertz CT molecular complexity index is 674. The molecule has 1 aromatic heterocycles. The summed E-state index contributed by atoms with van der Waals surface area (Å²) in [5.74, 6) is 0.231. The lowest BCUT2D eigenvalue weighted by Gasteiger charge is -2.39. The van der Waals surface area contributed by atoms with Gasteiger partial charge in [0, 0.05) is 25.8 Å². The summed E-state index contributed by atoms with van der Waals surface area (Å²) in [6.07, 6.45) is 5.16. The molecule has 2 N–H and O–H groups in total. The number of carbonyl (C=O) groups is 1. The Hall–Kier alpha value is -1.67. The summed E-state index contributed by atoms with van der Waals surface area (Å²) in [6, 6.07) is 3.49. The summed E-state index contributed by atoms with van der Waals surface area (Å²) in [6.45, 7) is 2.49. The Morgan fingerprint density at radius 1 is 1.39 bits per heavy atom. The second kappa shape index (κ2) is 6.45. The fourth-order valence-corrected chi connectivity index (χ4v) is 3.84. The van der Waals surface area contributed by atoms with Crippen LogP contribution in [0, 0.1) is 0 Å². The molecule has 3 heterocycles. The van der Waals surface area contributed by atoms with Crippen molar-refractivity contribution < 1.29 is 13.2 Å². The van der Waals surface area contributed by atoms with Crippen LogP contribution in [0.4, 0.5) is 5.69 Å². The van der Waals surface area contributed by atoms with Gasteiger partial charge in [-0.3, -0.25) is 4.79 Å². The maximum absolute atomic E-state index is 12.0. The Morgan fingerprint density at radius 3 is 2.83 bits per heavy atom. The number of amides is 1. The largest absolute Gasteiger partial charge is 0.378 e. The summed E-state index contributed by atoms with van der Waals surface area (Å²) < 4.78 is 22.9. The number of likely N-dealkylation sites (tertiary alicyclic amines) is 1. The van der Waals surface area contributed by atoms with E-state index in [1.165, 1.54) is 12.3 Å². The molecular weight excluding hydrogens is 316 g/mol. The molecule has 1 unspecified atom stereocenters. The van der Waals surface area contributed by atoms with E-state index in [4.69, 9.17) is 0 Å². The van der Waals surface area contributed by atoms with Gasteiger partial charge in [-0.2, -0.15) is 0 Å². The number of nitrogens with zero attached hydrogens (tertiary/aromatic N) is 2. The van der Waals surface area contributed by atoms with E-state index in [1.54, 1.807) is 6.07 Å². The SMILES string of the molecule is CS(=O)(=O)c1ccc(N[C@@H]2CNCCC2N2CCCC2=O)cn1. The van der Waals surface area contributed by atoms with Gasteiger partial charge in [-0.15, -0.1) is 0 Å². The van der Waals surface area contributed by atoms with E-state index in [1.807, 2.05) is 4.90 Å². The van der Waals surface area contributed by atoms with Crippen LogP contribution in [0.1, 0.15) is 19.3 Å². The molecule has 2 aliphatic heterocycles. The second-order valence-corrected chi connectivity index (χ2v) is 8.12. The van der Waals surface area contributed by atoms with Crippen molar-refractivity contribution in [3.63, 3.8) is 0 Å². The van der Waals surface area contributed by atoms with Crippen molar-refractivity contribution in [2.45, 2.75) is 36.4 Å². The minimum atomic E-state index is -3.29. The molecule has 1 amide bonds. The molecular formula is C15H22N4O3S. The predicted octanol–water partition coefficient (Wildman–Crippen LogP) is 0.250. The fourth-order valence-electron chi connectivity index (χ4n) is 3.28. The molecule has 8 heteroatoms. The first kappa shape index (κ1) is 16.2. The molecule has 3 rings (SSSR count). The quantitative estimate of drug-likeness (QED) is 0.818. The number of hydrogen-bond acceptors (Lipinski definition) is 6. The minimum Gasteiger partial charge on any atom is -0.378 e. The standard InChI is InChI=1S/C15H22N4O3S/c1-23(21,22)14-5-4-11(9-17-14)18-12-10-16-7-6-13(12)19-8-2-3-15(19)20/h4-5,9,12-13,16,18H,2-3,6-8,10H2,1H3/t12-,13?/m1/s1. The van der Waals surface area contributed by atoms with Gasteiger partial charge in [0.15, 0.2) is 14.9 Å². The molecule has 7 nitrogen and oxygen atoms in total. The number of piperidine rings is 1. The molecule has 2 fully saturated rings. The summed E-state index contributed by atoms with van der Waals surface area (Å²) >= 11 is 0. The summed E-state index contributed by atoms with van der Waals surface area (Å²) in [7, 11) is -3.29.